The molecule has 1 aromatic heterocycles. The smallest absolute Gasteiger partial charge is 0.271 e. The lowest BCUT2D eigenvalue weighted by Gasteiger charge is -2.20. The number of amides is 2. The van der Waals surface area contributed by atoms with E-state index in [4.69, 9.17) is 0 Å². The standard InChI is InChI=1S/C21H19N5O3S/c1-12(27)18-11-17(25-26(18)15-6-4-3-5-7-15)20(29)23-14-8-9-16-19(10-14)30-21(24-16)22-13(2)28/h3-10,18H,11H2,1-2H3,(H,23,29)(H,22,24,28). The molecule has 4 rings (SSSR count). The molecule has 0 fully saturated rings. The van der Waals surface area contributed by atoms with Crippen LogP contribution in [-0.4, -0.2) is 34.3 Å². The Morgan fingerprint density at radius 2 is 1.83 bits per heavy atom. The van der Waals surface area contributed by atoms with E-state index >= 15 is 0 Å². The van der Waals surface area contributed by atoms with E-state index < -0.39 is 6.04 Å². The van der Waals surface area contributed by atoms with Crippen molar-refractivity contribution in [3.05, 3.63) is 48.5 Å². The summed E-state index contributed by atoms with van der Waals surface area (Å²) in [6.45, 7) is 2.93. The Bertz CT molecular complexity index is 1170. The third-order valence-electron chi connectivity index (χ3n) is 4.59. The van der Waals surface area contributed by atoms with Crippen LogP contribution in [0.5, 0.6) is 0 Å². The Balaban J connectivity index is 1.54. The van der Waals surface area contributed by atoms with Gasteiger partial charge in [-0.25, -0.2) is 4.98 Å². The van der Waals surface area contributed by atoms with Gasteiger partial charge in [0, 0.05) is 19.0 Å². The molecule has 0 aliphatic carbocycles. The third-order valence-corrected chi connectivity index (χ3v) is 5.53. The van der Waals surface area contributed by atoms with Crippen molar-refractivity contribution in [1.82, 2.24) is 4.98 Å². The number of thiazole rings is 1. The normalized spacial score (nSPS) is 15.7. The predicted molar refractivity (Wildman–Crippen MR) is 118 cm³/mol. The number of anilines is 3. The first-order valence-electron chi connectivity index (χ1n) is 9.32. The maximum absolute atomic E-state index is 12.8. The van der Waals surface area contributed by atoms with Crippen LogP contribution < -0.4 is 15.6 Å². The number of para-hydroxylation sites is 1. The van der Waals surface area contributed by atoms with Crippen LogP contribution in [0.4, 0.5) is 16.5 Å². The molecule has 9 heteroatoms. The van der Waals surface area contributed by atoms with Gasteiger partial charge in [-0.3, -0.25) is 19.4 Å². The van der Waals surface area contributed by atoms with Crippen molar-refractivity contribution in [2.75, 3.05) is 15.6 Å². The Morgan fingerprint density at radius 3 is 2.53 bits per heavy atom. The molecule has 1 aliphatic rings. The lowest BCUT2D eigenvalue weighted by molar-refractivity contribution is -0.118. The predicted octanol–water partition coefficient (Wildman–Crippen LogP) is 3.42. The van der Waals surface area contributed by atoms with Gasteiger partial charge in [-0.15, -0.1) is 0 Å². The van der Waals surface area contributed by atoms with Gasteiger partial charge < -0.3 is 10.6 Å². The molecule has 0 saturated carbocycles. The Hall–Kier alpha value is -3.59. The summed E-state index contributed by atoms with van der Waals surface area (Å²) in [6, 6.07) is 14.1. The minimum atomic E-state index is -0.502. The number of fused-ring (bicyclic) bond motifs is 1. The summed E-state index contributed by atoms with van der Waals surface area (Å²) in [5.41, 5.74) is 2.37. The quantitative estimate of drug-likeness (QED) is 0.657. The number of nitrogens with one attached hydrogen (secondary N) is 2. The molecule has 2 aromatic carbocycles. The fraction of sp³-hybridized carbons (Fsp3) is 0.190. The highest BCUT2D eigenvalue weighted by molar-refractivity contribution is 7.22. The summed E-state index contributed by atoms with van der Waals surface area (Å²) in [4.78, 5) is 40.4. The van der Waals surface area contributed by atoms with E-state index in [0.717, 1.165) is 15.9 Å². The number of carbonyl (C=O) groups is 3. The third kappa shape index (κ3) is 4.06. The molecule has 30 heavy (non-hydrogen) atoms. The van der Waals surface area contributed by atoms with Crippen molar-refractivity contribution in [2.24, 2.45) is 5.10 Å². The summed E-state index contributed by atoms with van der Waals surface area (Å²) in [6.07, 6.45) is 0.242. The number of rotatable bonds is 5. The molecular weight excluding hydrogens is 402 g/mol. The monoisotopic (exact) mass is 421 g/mol. The zero-order valence-corrected chi connectivity index (χ0v) is 17.2. The zero-order valence-electron chi connectivity index (χ0n) is 16.4. The van der Waals surface area contributed by atoms with Crippen LogP contribution in [0.2, 0.25) is 0 Å². The Morgan fingerprint density at radius 1 is 1.07 bits per heavy atom. The van der Waals surface area contributed by atoms with Gasteiger partial charge >= 0.3 is 0 Å². The van der Waals surface area contributed by atoms with Gasteiger partial charge in [0.1, 0.15) is 11.8 Å². The first-order chi connectivity index (χ1) is 14.4. The summed E-state index contributed by atoms with van der Waals surface area (Å²) in [5, 5.41) is 12.0. The highest BCUT2D eigenvalue weighted by atomic mass is 32.1. The number of hydrogen-bond acceptors (Lipinski definition) is 7. The van der Waals surface area contributed by atoms with E-state index in [1.165, 1.54) is 25.2 Å². The number of Topliss-reactive ketones (excluding diaryl/α,β-unsaturated/α-hetero) is 1. The summed E-state index contributed by atoms with van der Waals surface area (Å²) in [7, 11) is 0. The molecule has 2 amide bonds. The van der Waals surface area contributed by atoms with E-state index in [9.17, 15) is 14.4 Å². The van der Waals surface area contributed by atoms with Crippen LogP contribution in [0.1, 0.15) is 20.3 Å². The molecule has 2 heterocycles. The number of hydrogen-bond donors (Lipinski definition) is 2. The molecule has 0 bridgehead atoms. The lowest BCUT2D eigenvalue weighted by Crippen LogP contribution is -2.33. The van der Waals surface area contributed by atoms with Crippen LogP contribution >= 0.6 is 11.3 Å². The maximum Gasteiger partial charge on any atom is 0.271 e. The van der Waals surface area contributed by atoms with Crippen molar-refractivity contribution in [3.8, 4) is 0 Å². The minimum absolute atomic E-state index is 0.0537. The minimum Gasteiger partial charge on any atom is -0.321 e. The lowest BCUT2D eigenvalue weighted by atomic mass is 10.1. The van der Waals surface area contributed by atoms with Crippen molar-refractivity contribution in [3.63, 3.8) is 0 Å². The molecular formula is C21H19N5O3S. The molecule has 1 unspecified atom stereocenters. The van der Waals surface area contributed by atoms with E-state index in [0.29, 0.717) is 16.5 Å². The van der Waals surface area contributed by atoms with E-state index in [2.05, 4.69) is 20.7 Å². The molecule has 152 valence electrons. The highest BCUT2D eigenvalue weighted by Gasteiger charge is 2.34. The summed E-state index contributed by atoms with van der Waals surface area (Å²) >= 11 is 1.32. The number of nitrogens with zero attached hydrogens (tertiary/aromatic N) is 3. The number of benzene rings is 2. The second-order valence-electron chi connectivity index (χ2n) is 6.89. The summed E-state index contributed by atoms with van der Waals surface area (Å²) in [5.74, 6) is -0.600. The van der Waals surface area contributed by atoms with Crippen LogP contribution in [-0.2, 0) is 14.4 Å². The van der Waals surface area contributed by atoms with E-state index in [1.54, 1.807) is 23.2 Å². The van der Waals surface area contributed by atoms with Gasteiger partial charge in [0.2, 0.25) is 5.91 Å². The van der Waals surface area contributed by atoms with Gasteiger partial charge in [-0.1, -0.05) is 29.5 Å². The van der Waals surface area contributed by atoms with Crippen LogP contribution in [0, 0.1) is 0 Å². The van der Waals surface area contributed by atoms with Gasteiger partial charge in [0.05, 0.1) is 15.9 Å². The molecule has 0 radical (unpaired) electrons. The number of hydrazone groups is 1. The van der Waals surface area contributed by atoms with Gasteiger partial charge in [-0.2, -0.15) is 5.10 Å². The fourth-order valence-corrected chi connectivity index (χ4v) is 4.14. The molecule has 2 N–H and O–H groups in total. The Labute approximate surface area is 176 Å². The van der Waals surface area contributed by atoms with Crippen molar-refractivity contribution < 1.29 is 14.4 Å². The first kappa shape index (κ1) is 19.7. The van der Waals surface area contributed by atoms with Crippen LogP contribution in [0.15, 0.2) is 53.6 Å². The van der Waals surface area contributed by atoms with Gasteiger partial charge in [0.25, 0.3) is 5.91 Å². The van der Waals surface area contributed by atoms with Crippen molar-refractivity contribution in [2.45, 2.75) is 26.3 Å². The van der Waals surface area contributed by atoms with Gasteiger partial charge in [0.15, 0.2) is 10.9 Å². The zero-order chi connectivity index (χ0) is 21.3. The topological polar surface area (TPSA) is 104 Å². The van der Waals surface area contributed by atoms with E-state index in [-0.39, 0.29) is 24.0 Å². The molecule has 0 saturated heterocycles. The Kier molecular flexibility index (Phi) is 5.28. The summed E-state index contributed by atoms with van der Waals surface area (Å²) < 4.78 is 0.831. The molecule has 0 spiro atoms. The number of carbonyl (C=O) groups excluding carboxylic acids is 3. The highest BCUT2D eigenvalue weighted by Crippen LogP contribution is 2.29. The maximum atomic E-state index is 12.8. The average molecular weight is 421 g/mol. The SMILES string of the molecule is CC(=O)Nc1nc2ccc(NC(=O)C3=NN(c4ccccc4)C(C(C)=O)C3)cc2s1. The van der Waals surface area contributed by atoms with Crippen molar-refractivity contribution >= 4 is 61.4 Å². The van der Waals surface area contributed by atoms with Crippen LogP contribution in [0.3, 0.4) is 0 Å². The van der Waals surface area contributed by atoms with Crippen molar-refractivity contribution in [1.29, 1.82) is 0 Å². The van der Waals surface area contributed by atoms with Crippen LogP contribution in [0.25, 0.3) is 10.2 Å². The fourth-order valence-electron chi connectivity index (χ4n) is 3.19. The van der Waals surface area contributed by atoms with E-state index in [1.807, 2.05) is 30.3 Å². The second kappa shape index (κ2) is 8.03. The molecule has 3 aromatic rings. The first-order valence-corrected chi connectivity index (χ1v) is 10.1. The second-order valence-corrected chi connectivity index (χ2v) is 7.92. The molecule has 1 aliphatic heterocycles. The average Bonchev–Trinajstić information content (AvgIpc) is 3.32. The van der Waals surface area contributed by atoms with Gasteiger partial charge in [-0.05, 0) is 37.3 Å². The molecule has 1 atom stereocenters. The number of ketones is 1. The largest absolute Gasteiger partial charge is 0.321 e. The number of aromatic nitrogens is 1. The molecule has 8 nitrogen and oxygen atoms in total.